The molecule has 2 rings (SSSR count). The Morgan fingerprint density at radius 3 is 2.48 bits per heavy atom. The van der Waals surface area contributed by atoms with Gasteiger partial charge in [-0.2, -0.15) is 0 Å². The molecule has 0 saturated carbocycles. The fourth-order valence-electron chi connectivity index (χ4n) is 2.50. The van der Waals surface area contributed by atoms with Crippen LogP contribution in [0.5, 0.6) is 0 Å². The molecular formula is C17H21N3O5. The van der Waals surface area contributed by atoms with Crippen LogP contribution in [0.3, 0.4) is 0 Å². The van der Waals surface area contributed by atoms with E-state index in [1.54, 1.807) is 41.0 Å². The highest BCUT2D eigenvalue weighted by Gasteiger charge is 2.22. The number of piperazine rings is 1. The molecule has 3 amide bonds. The molecular weight excluding hydrogens is 326 g/mol. The normalized spacial score (nSPS) is 14.0. The SMILES string of the molecule is CCOC(=O)c1ccccc1NC(=O)CC(=O)N1CCN(C=O)CC1. The molecule has 1 fully saturated rings. The monoisotopic (exact) mass is 347 g/mol. The molecule has 25 heavy (non-hydrogen) atoms. The molecule has 1 aliphatic rings. The van der Waals surface area contributed by atoms with Crippen LogP contribution in [0.15, 0.2) is 24.3 Å². The van der Waals surface area contributed by atoms with Crippen LogP contribution in [-0.2, 0) is 19.1 Å². The molecule has 8 nitrogen and oxygen atoms in total. The predicted molar refractivity (Wildman–Crippen MR) is 89.9 cm³/mol. The van der Waals surface area contributed by atoms with Gasteiger partial charge in [-0.25, -0.2) is 4.79 Å². The largest absolute Gasteiger partial charge is 0.462 e. The van der Waals surface area contributed by atoms with Crippen molar-refractivity contribution in [3.8, 4) is 0 Å². The van der Waals surface area contributed by atoms with E-state index in [4.69, 9.17) is 4.74 Å². The number of carbonyl (C=O) groups is 4. The minimum Gasteiger partial charge on any atom is -0.462 e. The number of carbonyl (C=O) groups excluding carboxylic acids is 4. The minimum absolute atomic E-state index is 0.229. The molecule has 0 atom stereocenters. The van der Waals surface area contributed by atoms with Crippen molar-refractivity contribution in [3.63, 3.8) is 0 Å². The summed E-state index contributed by atoms with van der Waals surface area (Å²) in [7, 11) is 0. The van der Waals surface area contributed by atoms with Crippen LogP contribution >= 0.6 is 0 Å². The Morgan fingerprint density at radius 1 is 1.16 bits per heavy atom. The van der Waals surface area contributed by atoms with Gasteiger partial charge in [0.25, 0.3) is 0 Å². The van der Waals surface area contributed by atoms with Gasteiger partial charge in [-0.05, 0) is 19.1 Å². The van der Waals surface area contributed by atoms with Gasteiger partial charge in [0.1, 0.15) is 6.42 Å². The lowest BCUT2D eigenvalue weighted by Gasteiger charge is -2.32. The number of ether oxygens (including phenoxy) is 1. The molecule has 8 heteroatoms. The van der Waals surface area contributed by atoms with Crippen molar-refractivity contribution in [2.24, 2.45) is 0 Å². The maximum Gasteiger partial charge on any atom is 0.340 e. The first-order chi connectivity index (χ1) is 12.0. The summed E-state index contributed by atoms with van der Waals surface area (Å²) in [5.74, 6) is -1.34. The van der Waals surface area contributed by atoms with Gasteiger partial charge < -0.3 is 19.9 Å². The Balaban J connectivity index is 1.93. The first-order valence-electron chi connectivity index (χ1n) is 8.08. The fourth-order valence-corrected chi connectivity index (χ4v) is 2.50. The summed E-state index contributed by atoms with van der Waals surface area (Å²) < 4.78 is 4.95. The molecule has 0 spiro atoms. The summed E-state index contributed by atoms with van der Waals surface area (Å²) in [6.07, 6.45) is 0.430. The standard InChI is InChI=1S/C17H21N3O5/c1-2-25-17(24)13-5-3-4-6-14(13)18-15(22)11-16(23)20-9-7-19(12-21)8-10-20/h3-6,12H,2,7-11H2,1H3,(H,18,22). The molecule has 1 saturated heterocycles. The van der Waals surface area contributed by atoms with Crippen molar-refractivity contribution in [1.29, 1.82) is 0 Å². The van der Waals surface area contributed by atoms with E-state index >= 15 is 0 Å². The zero-order valence-electron chi connectivity index (χ0n) is 14.1. The third-order valence-electron chi connectivity index (χ3n) is 3.82. The molecule has 1 aliphatic heterocycles. The Hall–Kier alpha value is -2.90. The van der Waals surface area contributed by atoms with Gasteiger partial charge in [-0.15, -0.1) is 0 Å². The van der Waals surface area contributed by atoms with Gasteiger partial charge in [0.2, 0.25) is 18.2 Å². The number of hydrogen-bond acceptors (Lipinski definition) is 5. The Labute approximate surface area is 145 Å². The van der Waals surface area contributed by atoms with E-state index in [0.717, 1.165) is 6.41 Å². The quantitative estimate of drug-likeness (QED) is 0.459. The zero-order chi connectivity index (χ0) is 18.2. The van der Waals surface area contributed by atoms with E-state index in [1.807, 2.05) is 0 Å². The van der Waals surface area contributed by atoms with Crippen LogP contribution in [-0.4, -0.2) is 66.8 Å². The molecule has 0 bridgehead atoms. The van der Waals surface area contributed by atoms with Crippen molar-refractivity contribution in [3.05, 3.63) is 29.8 Å². The summed E-state index contributed by atoms with van der Waals surface area (Å²) in [5, 5.41) is 2.59. The van der Waals surface area contributed by atoms with Crippen LogP contribution < -0.4 is 5.32 Å². The third kappa shape index (κ3) is 5.03. The molecule has 0 radical (unpaired) electrons. The minimum atomic E-state index is -0.533. The summed E-state index contributed by atoms with van der Waals surface area (Å²) in [5.41, 5.74) is 0.550. The fraction of sp³-hybridized carbons (Fsp3) is 0.412. The predicted octanol–water partition coefficient (Wildman–Crippen LogP) is 0.492. The third-order valence-corrected chi connectivity index (χ3v) is 3.82. The van der Waals surface area contributed by atoms with Crippen molar-refractivity contribution >= 4 is 29.9 Å². The second-order valence-corrected chi connectivity index (χ2v) is 5.51. The highest BCUT2D eigenvalue weighted by atomic mass is 16.5. The Morgan fingerprint density at radius 2 is 1.84 bits per heavy atom. The second-order valence-electron chi connectivity index (χ2n) is 5.51. The number of esters is 1. The first kappa shape index (κ1) is 18.4. The topological polar surface area (TPSA) is 96.0 Å². The average molecular weight is 347 g/mol. The molecule has 134 valence electrons. The second kappa shape index (κ2) is 8.81. The highest BCUT2D eigenvalue weighted by Crippen LogP contribution is 2.16. The van der Waals surface area contributed by atoms with Gasteiger partial charge in [-0.3, -0.25) is 14.4 Å². The zero-order valence-corrected chi connectivity index (χ0v) is 14.1. The van der Waals surface area contributed by atoms with Crippen molar-refractivity contribution in [1.82, 2.24) is 9.80 Å². The maximum absolute atomic E-state index is 12.2. The van der Waals surface area contributed by atoms with E-state index in [0.29, 0.717) is 31.9 Å². The van der Waals surface area contributed by atoms with Crippen molar-refractivity contribution < 1.29 is 23.9 Å². The van der Waals surface area contributed by atoms with Gasteiger partial charge in [0, 0.05) is 26.2 Å². The number of benzene rings is 1. The van der Waals surface area contributed by atoms with Crippen LogP contribution in [0.1, 0.15) is 23.7 Å². The summed E-state index contributed by atoms with van der Waals surface area (Å²) in [4.78, 5) is 50.0. The van der Waals surface area contributed by atoms with Crippen LogP contribution in [0.4, 0.5) is 5.69 Å². The van der Waals surface area contributed by atoms with Crippen molar-refractivity contribution in [2.45, 2.75) is 13.3 Å². The lowest BCUT2D eigenvalue weighted by molar-refractivity contribution is -0.137. The van der Waals surface area contributed by atoms with Gasteiger partial charge in [0.05, 0.1) is 17.9 Å². The number of para-hydroxylation sites is 1. The number of hydrogen-bond donors (Lipinski definition) is 1. The van der Waals surface area contributed by atoms with Gasteiger partial charge >= 0.3 is 5.97 Å². The van der Waals surface area contributed by atoms with E-state index in [-0.39, 0.29) is 24.5 Å². The van der Waals surface area contributed by atoms with Gasteiger partial charge in [-0.1, -0.05) is 12.1 Å². The summed E-state index contributed by atoms with van der Waals surface area (Å²) >= 11 is 0. The molecule has 1 aromatic rings. The Bertz CT molecular complexity index is 653. The van der Waals surface area contributed by atoms with Crippen LogP contribution in [0.25, 0.3) is 0 Å². The van der Waals surface area contributed by atoms with E-state index < -0.39 is 11.9 Å². The maximum atomic E-state index is 12.2. The van der Waals surface area contributed by atoms with E-state index in [9.17, 15) is 19.2 Å². The number of nitrogens with one attached hydrogen (secondary N) is 1. The van der Waals surface area contributed by atoms with Crippen molar-refractivity contribution in [2.75, 3.05) is 38.1 Å². The summed E-state index contributed by atoms with van der Waals surface area (Å²) in [6.45, 7) is 3.66. The first-order valence-corrected chi connectivity index (χ1v) is 8.08. The molecule has 0 aliphatic carbocycles. The van der Waals surface area contributed by atoms with Crippen LogP contribution in [0.2, 0.25) is 0 Å². The lowest BCUT2D eigenvalue weighted by Crippen LogP contribution is -2.48. The lowest BCUT2D eigenvalue weighted by atomic mass is 10.1. The number of nitrogens with zero attached hydrogens (tertiary/aromatic N) is 2. The summed E-state index contributed by atoms with van der Waals surface area (Å²) in [6, 6.07) is 6.48. The number of anilines is 1. The van der Waals surface area contributed by atoms with Gasteiger partial charge in [0.15, 0.2) is 0 Å². The van der Waals surface area contributed by atoms with E-state index in [1.165, 1.54) is 0 Å². The smallest absolute Gasteiger partial charge is 0.340 e. The molecule has 1 aromatic carbocycles. The molecule has 1 heterocycles. The number of rotatable bonds is 6. The van der Waals surface area contributed by atoms with Crippen LogP contribution in [0, 0.1) is 0 Å². The molecule has 0 unspecified atom stereocenters. The van der Waals surface area contributed by atoms with E-state index in [2.05, 4.69) is 5.32 Å². The Kier molecular flexibility index (Phi) is 6.50. The molecule has 1 N–H and O–H groups in total. The number of amides is 3. The average Bonchev–Trinajstić information content (AvgIpc) is 2.62. The highest BCUT2D eigenvalue weighted by molar-refractivity contribution is 6.06. The molecule has 0 aromatic heterocycles.